The minimum Gasteiger partial charge on any atom is -0.352 e. The maximum Gasteiger partial charge on any atom is 0.237 e. The van der Waals surface area contributed by atoms with E-state index in [1.807, 2.05) is 30.0 Å². The molecule has 3 aromatic heterocycles. The van der Waals surface area contributed by atoms with Gasteiger partial charge in [0.1, 0.15) is 17.3 Å². The highest BCUT2D eigenvalue weighted by molar-refractivity contribution is 5.99. The molecule has 2 saturated heterocycles. The molecule has 0 bridgehead atoms. The van der Waals surface area contributed by atoms with Crippen LogP contribution >= 0.6 is 0 Å². The Hall–Kier alpha value is -5.30. The summed E-state index contributed by atoms with van der Waals surface area (Å²) >= 11 is 0. The maximum absolute atomic E-state index is 13.4. The van der Waals surface area contributed by atoms with Crippen molar-refractivity contribution < 1.29 is 14.0 Å². The second-order valence-corrected chi connectivity index (χ2v) is 11.8. The third kappa shape index (κ3) is 6.13. The molecule has 12 nitrogen and oxygen atoms in total. The molecule has 46 heavy (non-hydrogen) atoms. The molecule has 2 amide bonds. The lowest BCUT2D eigenvalue weighted by atomic mass is 10.1. The normalized spacial score (nSPS) is 18.7. The van der Waals surface area contributed by atoms with E-state index in [9.17, 15) is 14.0 Å². The summed E-state index contributed by atoms with van der Waals surface area (Å²) in [5.74, 6) is 0.740. The summed E-state index contributed by atoms with van der Waals surface area (Å²) in [5, 5.41) is 11.3. The Morgan fingerprint density at radius 3 is 2.57 bits per heavy atom. The summed E-state index contributed by atoms with van der Waals surface area (Å²) in [6, 6.07) is 13.5. The molecule has 234 valence electrons. The van der Waals surface area contributed by atoms with Crippen molar-refractivity contribution in [1.82, 2.24) is 39.9 Å². The van der Waals surface area contributed by atoms with Crippen molar-refractivity contribution in [2.75, 3.05) is 49.5 Å². The molecule has 2 atom stereocenters. The predicted molar refractivity (Wildman–Crippen MR) is 171 cm³/mol. The fraction of sp³-hybridized carbons (Fsp3) is 0.303. The van der Waals surface area contributed by atoms with Crippen LogP contribution in [-0.2, 0) is 9.59 Å². The van der Waals surface area contributed by atoms with Crippen LogP contribution in [-0.4, -0.2) is 97.1 Å². The number of anilines is 2. The first-order valence-corrected chi connectivity index (χ1v) is 15.3. The van der Waals surface area contributed by atoms with Crippen molar-refractivity contribution in [1.29, 1.82) is 0 Å². The second-order valence-electron chi connectivity index (χ2n) is 11.8. The van der Waals surface area contributed by atoms with Crippen LogP contribution in [0.15, 0.2) is 73.3 Å². The van der Waals surface area contributed by atoms with E-state index in [0.29, 0.717) is 62.0 Å². The zero-order valence-electron chi connectivity index (χ0n) is 25.3. The number of piperazine rings is 1. The number of likely N-dealkylation sites (tertiary alicyclic amines) is 1. The molecule has 5 aromatic rings. The Labute approximate surface area is 264 Å². The highest BCUT2D eigenvalue weighted by Crippen LogP contribution is 2.29. The number of carbonyl (C=O) groups excluding carboxylic acids is 2. The zero-order chi connectivity index (χ0) is 31.6. The van der Waals surface area contributed by atoms with Gasteiger partial charge < -0.3 is 15.1 Å². The number of nitrogens with one attached hydrogen (secondary N) is 2. The predicted octanol–water partition coefficient (Wildman–Crippen LogP) is 3.61. The topological polar surface area (TPSA) is 136 Å². The van der Waals surface area contributed by atoms with E-state index in [-0.39, 0.29) is 36.1 Å². The van der Waals surface area contributed by atoms with Gasteiger partial charge in [-0.1, -0.05) is 0 Å². The first-order valence-electron chi connectivity index (χ1n) is 15.3. The van der Waals surface area contributed by atoms with Gasteiger partial charge in [0.25, 0.3) is 0 Å². The number of fused-ring (bicyclic) bond motifs is 1. The Morgan fingerprint density at radius 1 is 0.978 bits per heavy atom. The van der Waals surface area contributed by atoms with E-state index in [1.165, 1.54) is 12.1 Å². The van der Waals surface area contributed by atoms with Crippen molar-refractivity contribution >= 4 is 34.2 Å². The van der Waals surface area contributed by atoms with E-state index in [4.69, 9.17) is 0 Å². The van der Waals surface area contributed by atoms with Crippen LogP contribution in [0.1, 0.15) is 13.3 Å². The Morgan fingerprint density at radius 2 is 1.80 bits per heavy atom. The minimum absolute atomic E-state index is 0.000444. The van der Waals surface area contributed by atoms with Crippen LogP contribution in [0.2, 0.25) is 0 Å². The van der Waals surface area contributed by atoms with Crippen LogP contribution < -0.4 is 10.2 Å². The molecule has 2 N–H and O–H groups in total. The van der Waals surface area contributed by atoms with Gasteiger partial charge in [-0.3, -0.25) is 19.6 Å². The van der Waals surface area contributed by atoms with E-state index in [1.54, 1.807) is 43.0 Å². The molecule has 2 aromatic carbocycles. The maximum atomic E-state index is 13.4. The molecule has 7 rings (SSSR count). The van der Waals surface area contributed by atoms with E-state index in [2.05, 4.69) is 45.2 Å². The van der Waals surface area contributed by atoms with Gasteiger partial charge in [0.2, 0.25) is 11.8 Å². The highest BCUT2D eigenvalue weighted by Gasteiger charge is 2.33. The number of benzene rings is 2. The van der Waals surface area contributed by atoms with Gasteiger partial charge in [-0.25, -0.2) is 24.3 Å². The van der Waals surface area contributed by atoms with Crippen LogP contribution in [0.4, 0.5) is 15.9 Å². The van der Waals surface area contributed by atoms with Gasteiger partial charge in [-0.2, -0.15) is 5.10 Å². The van der Waals surface area contributed by atoms with Gasteiger partial charge in [0, 0.05) is 61.3 Å². The van der Waals surface area contributed by atoms with E-state index >= 15 is 0 Å². The second kappa shape index (κ2) is 12.6. The molecule has 13 heteroatoms. The SMILES string of the molecule is CC1CN(c2cnc(-c3ncccn3)cn2)CCN1C(=O)CN1CCC(C(=O)Nc2ccc3[nH]nc(-c4ccc(F)cc4)c3c2)C1. The molecular weight excluding hydrogens is 587 g/mol. The number of H-pyrrole nitrogens is 1. The van der Waals surface area contributed by atoms with Gasteiger partial charge in [-0.05, 0) is 68.4 Å². The van der Waals surface area contributed by atoms with Crippen molar-refractivity contribution in [3.05, 3.63) is 79.1 Å². The van der Waals surface area contributed by atoms with Crippen LogP contribution in [0.3, 0.4) is 0 Å². The number of hydrogen-bond acceptors (Lipinski definition) is 9. The van der Waals surface area contributed by atoms with Crippen molar-refractivity contribution in [2.24, 2.45) is 5.92 Å². The largest absolute Gasteiger partial charge is 0.352 e. The molecule has 5 heterocycles. The van der Waals surface area contributed by atoms with Gasteiger partial charge in [0.05, 0.1) is 36.1 Å². The Kier molecular flexibility index (Phi) is 8.06. The summed E-state index contributed by atoms with van der Waals surface area (Å²) in [4.78, 5) is 50.2. The van der Waals surface area contributed by atoms with Gasteiger partial charge in [-0.15, -0.1) is 0 Å². The van der Waals surface area contributed by atoms with Crippen molar-refractivity contribution in [3.63, 3.8) is 0 Å². The number of rotatable bonds is 7. The number of aromatic nitrogens is 6. The molecule has 2 fully saturated rings. The highest BCUT2D eigenvalue weighted by atomic mass is 19.1. The smallest absolute Gasteiger partial charge is 0.237 e. The van der Waals surface area contributed by atoms with Crippen molar-refractivity contribution in [3.8, 4) is 22.8 Å². The minimum atomic E-state index is -0.311. The monoisotopic (exact) mass is 620 g/mol. The number of amides is 2. The summed E-state index contributed by atoms with van der Waals surface area (Å²) < 4.78 is 13.4. The summed E-state index contributed by atoms with van der Waals surface area (Å²) in [6.07, 6.45) is 7.42. The molecular formula is C33H33FN10O2. The number of hydrogen-bond donors (Lipinski definition) is 2. The van der Waals surface area contributed by atoms with E-state index < -0.39 is 0 Å². The molecule has 2 unspecified atom stereocenters. The van der Waals surface area contributed by atoms with Crippen LogP contribution in [0, 0.1) is 11.7 Å². The molecule has 2 aliphatic heterocycles. The lowest BCUT2D eigenvalue weighted by molar-refractivity contribution is -0.134. The number of aromatic amines is 1. The standard InChI is InChI=1S/C33H33FN10O2/c1-21-18-43(29-17-37-28(16-38-29)32-35-10-2-11-36-32)13-14-44(21)30(45)20-42-12-9-23(19-42)33(46)39-25-7-8-27-26(15-25)31(41-40-27)22-3-5-24(34)6-4-22/h2-8,10-11,15-17,21,23H,9,12-14,18-20H2,1H3,(H,39,46)(H,40,41). The molecule has 0 radical (unpaired) electrons. The average Bonchev–Trinajstić information content (AvgIpc) is 3.73. The first-order chi connectivity index (χ1) is 22.4. The zero-order valence-corrected chi connectivity index (χ0v) is 25.3. The number of nitrogens with zero attached hydrogens (tertiary/aromatic N) is 8. The third-order valence-corrected chi connectivity index (χ3v) is 8.65. The van der Waals surface area contributed by atoms with E-state index in [0.717, 1.165) is 22.3 Å². The Bertz CT molecular complexity index is 1850. The van der Waals surface area contributed by atoms with Gasteiger partial charge >= 0.3 is 0 Å². The third-order valence-electron chi connectivity index (χ3n) is 8.65. The molecule has 2 aliphatic rings. The first kappa shape index (κ1) is 29.4. The lowest BCUT2D eigenvalue weighted by Gasteiger charge is -2.40. The molecule has 0 spiro atoms. The molecule has 0 aliphatic carbocycles. The molecule has 0 saturated carbocycles. The fourth-order valence-electron chi connectivity index (χ4n) is 6.20. The quantitative estimate of drug-likeness (QED) is 0.280. The summed E-state index contributed by atoms with van der Waals surface area (Å²) in [6.45, 7) is 5.41. The number of halogens is 1. The van der Waals surface area contributed by atoms with Gasteiger partial charge in [0.15, 0.2) is 5.82 Å². The van der Waals surface area contributed by atoms with Crippen LogP contribution in [0.25, 0.3) is 33.7 Å². The Balaban J connectivity index is 0.917. The summed E-state index contributed by atoms with van der Waals surface area (Å²) in [5.41, 5.74) is 3.57. The summed E-state index contributed by atoms with van der Waals surface area (Å²) in [7, 11) is 0. The average molecular weight is 621 g/mol. The number of carbonyl (C=O) groups is 2. The fourth-order valence-corrected chi connectivity index (χ4v) is 6.20. The lowest BCUT2D eigenvalue weighted by Crippen LogP contribution is -2.56. The van der Waals surface area contributed by atoms with Crippen LogP contribution in [0.5, 0.6) is 0 Å². The van der Waals surface area contributed by atoms with Crippen molar-refractivity contribution in [2.45, 2.75) is 19.4 Å².